The lowest BCUT2D eigenvalue weighted by molar-refractivity contribution is -0.140. The number of ether oxygens (including phenoxy) is 1. The van der Waals surface area contributed by atoms with Gasteiger partial charge in [-0.15, -0.1) is 0 Å². The maximum Gasteiger partial charge on any atom is 0.329 e. The zero-order valence-corrected chi connectivity index (χ0v) is 19.3. The number of aliphatic hydroxyl groups excluding tert-OH is 1. The van der Waals surface area contributed by atoms with E-state index < -0.39 is 17.4 Å². The van der Waals surface area contributed by atoms with E-state index >= 15 is 0 Å². The summed E-state index contributed by atoms with van der Waals surface area (Å²) in [5, 5.41) is 9.89. The zero-order valence-electron chi connectivity index (χ0n) is 19.3. The average Bonchev–Trinajstić information content (AvgIpc) is 2.88. The van der Waals surface area contributed by atoms with E-state index in [4.69, 9.17) is 9.72 Å². The predicted octanol–water partition coefficient (Wildman–Crippen LogP) is 1.25. The molecule has 11 heteroatoms. The van der Waals surface area contributed by atoms with Crippen molar-refractivity contribution in [3.8, 4) is 17.1 Å². The van der Waals surface area contributed by atoms with Gasteiger partial charge in [0.05, 0.1) is 29.2 Å². The summed E-state index contributed by atoms with van der Waals surface area (Å²) in [5.41, 5.74) is 1.67. The number of methoxy groups -OCH3 is 1. The Balaban J connectivity index is 1.65. The average molecular weight is 476 g/mol. The van der Waals surface area contributed by atoms with Gasteiger partial charge in [-0.25, -0.2) is 14.8 Å². The second-order valence-corrected chi connectivity index (χ2v) is 8.54. The summed E-state index contributed by atoms with van der Waals surface area (Å²) in [6, 6.07) is 6.89. The Morgan fingerprint density at radius 2 is 1.91 bits per heavy atom. The van der Waals surface area contributed by atoms with Crippen LogP contribution in [-0.4, -0.2) is 66.7 Å². The number of nitrogens with zero attached hydrogens (tertiary/aromatic N) is 5. The quantitative estimate of drug-likeness (QED) is 0.419. The number of aromatic nitrogens is 5. The third kappa shape index (κ3) is 4.03. The van der Waals surface area contributed by atoms with Crippen molar-refractivity contribution in [2.24, 2.45) is 0 Å². The number of carbonyl (C=O) groups excluding carboxylic acids is 1. The second kappa shape index (κ2) is 8.91. The largest absolute Gasteiger partial charge is 0.481 e. The minimum absolute atomic E-state index is 0.261. The number of fused-ring (bicyclic) bond motifs is 3. The highest BCUT2D eigenvalue weighted by molar-refractivity contribution is 6.01. The van der Waals surface area contributed by atoms with E-state index in [1.807, 2.05) is 6.07 Å². The van der Waals surface area contributed by atoms with Crippen LogP contribution in [0.15, 0.2) is 46.2 Å². The Bertz CT molecular complexity index is 1530. The van der Waals surface area contributed by atoms with Gasteiger partial charge in [0.15, 0.2) is 0 Å². The third-order valence-corrected chi connectivity index (χ3v) is 6.35. The van der Waals surface area contributed by atoms with E-state index in [9.17, 15) is 19.5 Å². The summed E-state index contributed by atoms with van der Waals surface area (Å²) >= 11 is 0. The molecule has 0 bridgehead atoms. The van der Waals surface area contributed by atoms with Crippen molar-refractivity contribution >= 4 is 27.8 Å². The minimum Gasteiger partial charge on any atom is -0.481 e. The SMILES string of the molecule is COc1ccc(-c2ccc3ncc4c(=O)[nH]c(=O)n(C5CCN(C(=O)[C@H](C)O)CC5)c4c3n2)cn1. The van der Waals surface area contributed by atoms with E-state index in [-0.39, 0.29) is 17.3 Å². The molecule has 35 heavy (non-hydrogen) atoms. The third-order valence-electron chi connectivity index (χ3n) is 6.35. The number of nitrogens with one attached hydrogen (secondary N) is 1. The molecule has 5 heterocycles. The minimum atomic E-state index is -1.08. The number of aromatic amines is 1. The molecule has 5 rings (SSSR count). The summed E-state index contributed by atoms with van der Waals surface area (Å²) in [6.07, 6.45) is 3.00. The molecular formula is C24H24N6O5. The summed E-state index contributed by atoms with van der Waals surface area (Å²) in [5.74, 6) is 0.138. The number of piperidine rings is 1. The van der Waals surface area contributed by atoms with Crippen LogP contribution in [0, 0.1) is 0 Å². The summed E-state index contributed by atoms with van der Waals surface area (Å²) in [7, 11) is 1.54. The Labute approximate surface area is 199 Å². The van der Waals surface area contributed by atoms with Crippen molar-refractivity contribution in [2.45, 2.75) is 31.9 Å². The zero-order chi connectivity index (χ0) is 24.7. The molecule has 1 aliphatic heterocycles. The number of aliphatic hydroxyl groups is 1. The Morgan fingerprint density at radius 1 is 1.14 bits per heavy atom. The van der Waals surface area contributed by atoms with Crippen LogP contribution >= 0.6 is 0 Å². The molecule has 2 N–H and O–H groups in total. The molecule has 1 saturated heterocycles. The molecule has 0 spiro atoms. The highest BCUT2D eigenvalue weighted by Gasteiger charge is 2.28. The van der Waals surface area contributed by atoms with Crippen molar-refractivity contribution in [3.63, 3.8) is 0 Å². The Morgan fingerprint density at radius 3 is 2.57 bits per heavy atom. The molecule has 0 aliphatic carbocycles. The number of carbonyl (C=O) groups is 1. The summed E-state index contributed by atoms with van der Waals surface area (Å²) < 4.78 is 6.68. The van der Waals surface area contributed by atoms with Crippen molar-refractivity contribution in [1.29, 1.82) is 0 Å². The Kier molecular flexibility index (Phi) is 5.77. The number of H-pyrrole nitrogens is 1. The van der Waals surface area contributed by atoms with Crippen LogP contribution < -0.4 is 16.0 Å². The normalized spacial score (nSPS) is 15.5. The molecular weight excluding hydrogens is 452 g/mol. The predicted molar refractivity (Wildman–Crippen MR) is 128 cm³/mol. The molecule has 4 aromatic rings. The van der Waals surface area contributed by atoms with Crippen LogP contribution in [0.1, 0.15) is 25.8 Å². The van der Waals surface area contributed by atoms with Crippen molar-refractivity contribution in [1.82, 2.24) is 29.4 Å². The molecule has 180 valence electrons. The van der Waals surface area contributed by atoms with E-state index in [1.54, 1.807) is 33.9 Å². The monoisotopic (exact) mass is 476 g/mol. The van der Waals surface area contributed by atoms with Crippen LogP contribution in [0.25, 0.3) is 33.2 Å². The molecule has 0 radical (unpaired) electrons. The fourth-order valence-corrected chi connectivity index (χ4v) is 4.56. The van der Waals surface area contributed by atoms with Crippen LogP contribution in [0.3, 0.4) is 0 Å². The maximum atomic E-state index is 13.1. The van der Waals surface area contributed by atoms with E-state index in [1.165, 1.54) is 20.2 Å². The molecule has 1 atom stereocenters. The molecule has 0 aromatic carbocycles. The van der Waals surface area contributed by atoms with Crippen molar-refractivity contribution < 1.29 is 14.6 Å². The molecule has 0 saturated carbocycles. The van der Waals surface area contributed by atoms with Gasteiger partial charge in [0.25, 0.3) is 11.5 Å². The molecule has 4 aromatic heterocycles. The second-order valence-electron chi connectivity index (χ2n) is 8.54. The van der Waals surface area contributed by atoms with Crippen LogP contribution in [0.2, 0.25) is 0 Å². The highest BCUT2D eigenvalue weighted by atomic mass is 16.5. The number of rotatable bonds is 4. The van der Waals surface area contributed by atoms with Crippen LogP contribution in [-0.2, 0) is 4.79 Å². The first-order valence-electron chi connectivity index (χ1n) is 11.3. The van der Waals surface area contributed by atoms with Gasteiger partial charge < -0.3 is 14.7 Å². The lowest BCUT2D eigenvalue weighted by Crippen LogP contribution is -2.45. The highest BCUT2D eigenvalue weighted by Crippen LogP contribution is 2.29. The Hall–Kier alpha value is -4.12. The fraction of sp³-hybridized carbons (Fsp3) is 0.333. The summed E-state index contributed by atoms with van der Waals surface area (Å²) in [4.78, 5) is 55.3. The van der Waals surface area contributed by atoms with Crippen molar-refractivity contribution in [2.75, 3.05) is 20.2 Å². The summed E-state index contributed by atoms with van der Waals surface area (Å²) in [6.45, 7) is 2.22. The number of amides is 1. The van der Waals surface area contributed by atoms with Gasteiger partial charge in [-0.05, 0) is 38.0 Å². The van der Waals surface area contributed by atoms with Gasteiger partial charge in [-0.1, -0.05) is 0 Å². The molecule has 1 fully saturated rings. The first kappa shape index (κ1) is 22.7. The number of pyridine rings is 3. The molecule has 0 unspecified atom stereocenters. The smallest absolute Gasteiger partial charge is 0.329 e. The van der Waals surface area contributed by atoms with Gasteiger partial charge in [0.2, 0.25) is 5.88 Å². The number of likely N-dealkylation sites (tertiary alicyclic amines) is 1. The van der Waals surface area contributed by atoms with Gasteiger partial charge in [0, 0.05) is 43.2 Å². The van der Waals surface area contributed by atoms with Gasteiger partial charge in [-0.2, -0.15) is 0 Å². The lowest BCUT2D eigenvalue weighted by Gasteiger charge is -2.34. The van der Waals surface area contributed by atoms with E-state index in [0.717, 1.165) is 5.56 Å². The first-order valence-corrected chi connectivity index (χ1v) is 11.3. The van der Waals surface area contributed by atoms with Gasteiger partial charge >= 0.3 is 5.69 Å². The fourth-order valence-electron chi connectivity index (χ4n) is 4.56. The van der Waals surface area contributed by atoms with E-state index in [0.29, 0.717) is 54.1 Å². The van der Waals surface area contributed by atoms with Gasteiger partial charge in [-0.3, -0.25) is 24.1 Å². The van der Waals surface area contributed by atoms with Crippen LogP contribution in [0.4, 0.5) is 0 Å². The van der Waals surface area contributed by atoms with Crippen molar-refractivity contribution in [3.05, 3.63) is 57.5 Å². The number of hydrogen-bond donors (Lipinski definition) is 2. The standard InChI is InChI=1S/C24H24N6O5/c1-13(31)23(33)29-9-7-15(8-10-29)30-21-16(22(32)28-24(30)34)12-25-18-5-4-17(27-20(18)21)14-3-6-19(35-2)26-11-14/h3-6,11-13,15,31H,7-10H2,1-2H3,(H,28,32,34)/t13-/m0/s1. The molecule has 1 amide bonds. The molecule has 1 aliphatic rings. The lowest BCUT2D eigenvalue weighted by atomic mass is 10.0. The topological polar surface area (TPSA) is 143 Å². The van der Waals surface area contributed by atoms with E-state index in [2.05, 4.69) is 15.0 Å². The van der Waals surface area contributed by atoms with Gasteiger partial charge in [0.1, 0.15) is 11.6 Å². The first-order chi connectivity index (χ1) is 16.9. The molecule has 11 nitrogen and oxygen atoms in total. The maximum absolute atomic E-state index is 13.1. The van der Waals surface area contributed by atoms with Crippen LogP contribution in [0.5, 0.6) is 5.88 Å². The number of hydrogen-bond acceptors (Lipinski definition) is 8.